The SMILES string of the molecule is COc1cc[c-]cc1.COc1ccc2c(c1)C=C[C](=[Ni])/C2=C\c1[c-]ccc2cc(OC)ccc12. The molecular weight excluding hydrogens is 467 g/mol. The number of allylic oxidation sites excluding steroid dienone is 2. The molecule has 5 rings (SSSR count). The van der Waals surface area contributed by atoms with E-state index < -0.39 is 0 Å². The molecule has 1 aliphatic rings. The number of hydrogen-bond acceptors (Lipinski definition) is 3. The predicted molar refractivity (Wildman–Crippen MR) is 136 cm³/mol. The monoisotopic (exact) mass is 490 g/mol. The van der Waals surface area contributed by atoms with Gasteiger partial charge in [-0.1, -0.05) is 0 Å². The van der Waals surface area contributed by atoms with Gasteiger partial charge in [0.25, 0.3) is 0 Å². The topological polar surface area (TPSA) is 27.7 Å². The van der Waals surface area contributed by atoms with Gasteiger partial charge in [0, 0.05) is 5.75 Å². The molecule has 1 aliphatic carbocycles. The molecule has 0 atom stereocenters. The van der Waals surface area contributed by atoms with Crippen molar-refractivity contribution in [3.05, 3.63) is 108 Å². The molecule has 0 spiro atoms. The maximum absolute atomic E-state index is 5.34. The van der Waals surface area contributed by atoms with E-state index in [2.05, 4.69) is 30.3 Å². The second-order valence-corrected chi connectivity index (χ2v) is 7.98. The van der Waals surface area contributed by atoms with Gasteiger partial charge in [0.2, 0.25) is 0 Å². The van der Waals surface area contributed by atoms with Gasteiger partial charge in [0.05, 0.1) is 7.11 Å². The summed E-state index contributed by atoms with van der Waals surface area (Å²) in [4.78, 5) is 0. The van der Waals surface area contributed by atoms with Crippen LogP contribution in [0, 0.1) is 12.1 Å². The Labute approximate surface area is 208 Å². The van der Waals surface area contributed by atoms with E-state index in [-0.39, 0.29) is 0 Å². The average Bonchev–Trinajstić information content (AvgIpc) is 2.90. The molecule has 4 heteroatoms. The van der Waals surface area contributed by atoms with Crippen LogP contribution in [0.5, 0.6) is 17.2 Å². The molecular formula is C30H24NiO3-2. The van der Waals surface area contributed by atoms with Crippen LogP contribution < -0.4 is 14.2 Å². The van der Waals surface area contributed by atoms with Gasteiger partial charge in [-0.15, -0.1) is 12.1 Å². The van der Waals surface area contributed by atoms with Crippen molar-refractivity contribution in [2.75, 3.05) is 21.3 Å². The molecule has 0 heterocycles. The standard InChI is InChI=1S/C23H17O2.C7H7O.Ni/c1-24-20-9-11-22-16(5-3-7-18(22)14-20)13-17-6-4-8-19-15-21(25-2)10-12-23(17)19;1-8-7-5-3-2-4-6-7;/h3-4,7-15H,1-2H3;3-6H,1H3;/q2*-1;/b16-13+;;. The number of hydrogen-bond donors (Lipinski definition) is 0. The van der Waals surface area contributed by atoms with Crippen molar-refractivity contribution < 1.29 is 29.2 Å². The van der Waals surface area contributed by atoms with Crippen LogP contribution in [0.25, 0.3) is 28.5 Å². The van der Waals surface area contributed by atoms with Gasteiger partial charge in [-0.3, -0.25) is 0 Å². The predicted octanol–water partition coefficient (Wildman–Crippen LogP) is 6.44. The van der Waals surface area contributed by atoms with E-state index >= 15 is 0 Å². The van der Waals surface area contributed by atoms with Crippen LogP contribution in [0.2, 0.25) is 0 Å². The third-order valence-corrected chi connectivity index (χ3v) is 5.88. The zero-order chi connectivity index (χ0) is 23.9. The molecule has 34 heavy (non-hydrogen) atoms. The first-order chi connectivity index (χ1) is 16.6. The summed E-state index contributed by atoms with van der Waals surface area (Å²) < 4.78 is 16.4. The van der Waals surface area contributed by atoms with Crippen molar-refractivity contribution in [1.29, 1.82) is 0 Å². The third-order valence-electron chi connectivity index (χ3n) is 5.45. The Hall–Kier alpha value is -3.62. The molecule has 4 aromatic carbocycles. The van der Waals surface area contributed by atoms with E-state index in [1.165, 1.54) is 0 Å². The Kier molecular flexibility index (Phi) is 7.62. The molecule has 174 valence electrons. The van der Waals surface area contributed by atoms with Gasteiger partial charge in [-0.25, -0.2) is 0 Å². The van der Waals surface area contributed by atoms with Crippen molar-refractivity contribution in [2.45, 2.75) is 0 Å². The second kappa shape index (κ2) is 11.0. The van der Waals surface area contributed by atoms with E-state index in [1.54, 1.807) is 21.3 Å². The molecule has 0 amide bonds. The van der Waals surface area contributed by atoms with E-state index in [1.807, 2.05) is 72.8 Å². The molecule has 0 aromatic heterocycles. The summed E-state index contributed by atoms with van der Waals surface area (Å²) in [5.41, 5.74) is 4.29. The van der Waals surface area contributed by atoms with E-state index in [9.17, 15) is 0 Å². The molecule has 0 unspecified atom stereocenters. The zero-order valence-corrected chi connectivity index (χ0v) is 20.2. The Morgan fingerprint density at radius 2 is 1.44 bits per heavy atom. The molecule has 0 aliphatic heterocycles. The minimum atomic E-state index is 0.841. The van der Waals surface area contributed by atoms with Crippen LogP contribution >= 0.6 is 0 Å². The number of methoxy groups -OCH3 is 3. The molecule has 0 N–H and O–H groups in total. The quantitative estimate of drug-likeness (QED) is 0.243. The van der Waals surface area contributed by atoms with E-state index in [0.717, 1.165) is 54.8 Å². The first kappa shape index (κ1) is 23.5. The van der Waals surface area contributed by atoms with Crippen molar-refractivity contribution in [3.63, 3.8) is 0 Å². The number of ether oxygens (including phenoxy) is 3. The fraction of sp³-hybridized carbons (Fsp3) is 0.100. The fourth-order valence-electron chi connectivity index (χ4n) is 3.68. The molecule has 0 saturated carbocycles. The summed E-state index contributed by atoms with van der Waals surface area (Å²) in [6, 6.07) is 29.7. The van der Waals surface area contributed by atoms with Crippen LogP contribution in [-0.2, 0) is 15.0 Å². The van der Waals surface area contributed by atoms with Crippen molar-refractivity contribution in [1.82, 2.24) is 0 Å². The van der Waals surface area contributed by atoms with Gasteiger partial charge in [0.15, 0.2) is 0 Å². The summed E-state index contributed by atoms with van der Waals surface area (Å²) in [6.07, 6.45) is 6.16. The van der Waals surface area contributed by atoms with Gasteiger partial charge in [0.1, 0.15) is 0 Å². The van der Waals surface area contributed by atoms with Crippen molar-refractivity contribution in [2.24, 2.45) is 0 Å². The number of benzene rings is 4. The minimum absolute atomic E-state index is 0.841. The van der Waals surface area contributed by atoms with Crippen LogP contribution in [0.1, 0.15) is 16.7 Å². The average molecular weight is 491 g/mol. The summed E-state index contributed by atoms with van der Waals surface area (Å²) in [5.74, 6) is 2.56. The van der Waals surface area contributed by atoms with Crippen LogP contribution in [0.3, 0.4) is 0 Å². The fourth-order valence-corrected chi connectivity index (χ4v) is 3.97. The van der Waals surface area contributed by atoms with Gasteiger partial charge in [-0.05, 0) is 0 Å². The first-order valence-corrected chi connectivity index (χ1v) is 11.2. The molecule has 0 fully saturated rings. The summed E-state index contributed by atoms with van der Waals surface area (Å²) in [5, 5.41) is 2.24. The van der Waals surface area contributed by atoms with Crippen LogP contribution in [-0.4, -0.2) is 25.8 Å². The molecule has 4 aromatic rings. The number of fused-ring (bicyclic) bond motifs is 2. The first-order valence-electron chi connectivity index (χ1n) is 10.7. The van der Waals surface area contributed by atoms with E-state index in [0.29, 0.717) is 0 Å². The zero-order valence-electron chi connectivity index (χ0n) is 19.2. The van der Waals surface area contributed by atoms with Crippen molar-refractivity contribution in [3.8, 4) is 17.2 Å². The Morgan fingerprint density at radius 3 is 2.15 bits per heavy atom. The molecule has 0 bridgehead atoms. The molecule has 0 saturated heterocycles. The third kappa shape index (κ3) is 5.30. The van der Waals surface area contributed by atoms with E-state index in [4.69, 9.17) is 29.2 Å². The Balaban J connectivity index is 0.000000291. The molecule has 0 radical (unpaired) electrons. The Morgan fingerprint density at radius 1 is 0.735 bits per heavy atom. The van der Waals surface area contributed by atoms with Crippen molar-refractivity contribution >= 4 is 33.0 Å². The summed E-state index contributed by atoms with van der Waals surface area (Å²) in [6.45, 7) is 0. The van der Waals surface area contributed by atoms with Gasteiger partial charge < -0.3 is 4.74 Å². The second-order valence-electron chi connectivity index (χ2n) is 7.44. The van der Waals surface area contributed by atoms with Crippen LogP contribution in [0.4, 0.5) is 0 Å². The number of rotatable bonds is 4. The van der Waals surface area contributed by atoms with Crippen LogP contribution in [0.15, 0.2) is 78.9 Å². The summed E-state index contributed by atoms with van der Waals surface area (Å²) in [7, 11) is 5.00. The maximum atomic E-state index is 5.34. The van der Waals surface area contributed by atoms with Gasteiger partial charge in [-0.2, -0.15) is 18.2 Å². The Bertz CT molecular complexity index is 1370. The normalized spacial score (nSPS) is 13.2. The molecule has 3 nitrogen and oxygen atoms in total. The summed E-state index contributed by atoms with van der Waals surface area (Å²) >= 11 is 5.26. The van der Waals surface area contributed by atoms with Gasteiger partial charge >= 0.3 is 161 Å².